The Morgan fingerprint density at radius 2 is 1.75 bits per heavy atom. The molecule has 0 bridgehead atoms. The molecular weight excluding hydrogens is 320 g/mol. The summed E-state index contributed by atoms with van der Waals surface area (Å²) >= 11 is 6.07. The number of aliphatic imine (C=N–C) groups is 1. The molecule has 3 aromatic rings. The first-order valence-corrected chi connectivity index (χ1v) is 8.09. The van der Waals surface area contributed by atoms with Crippen LogP contribution < -0.4 is 4.74 Å². The van der Waals surface area contributed by atoms with Crippen molar-refractivity contribution in [3.8, 4) is 11.4 Å². The lowest BCUT2D eigenvalue weighted by molar-refractivity contribution is 0.414. The Morgan fingerprint density at radius 3 is 2.46 bits per heavy atom. The van der Waals surface area contributed by atoms with E-state index in [1.807, 2.05) is 55.6 Å². The minimum absolute atomic E-state index is 0.689. The van der Waals surface area contributed by atoms with Gasteiger partial charge in [0.15, 0.2) is 0 Å². The molecule has 2 aromatic carbocycles. The molecule has 0 radical (unpaired) electrons. The maximum atomic E-state index is 6.07. The van der Waals surface area contributed by atoms with Gasteiger partial charge in [0.25, 0.3) is 0 Å². The molecule has 0 fully saturated rings. The smallest absolute Gasteiger partial charge is 0.119 e. The third-order valence-electron chi connectivity index (χ3n) is 3.94. The molecule has 0 atom stereocenters. The van der Waals surface area contributed by atoms with Crippen molar-refractivity contribution < 1.29 is 4.74 Å². The molecule has 0 saturated heterocycles. The molecule has 0 spiro atoms. The Hall–Kier alpha value is -2.52. The van der Waals surface area contributed by atoms with E-state index in [9.17, 15) is 0 Å². The molecule has 0 aliphatic rings. The molecule has 0 unspecified atom stereocenters. The second kappa shape index (κ2) is 6.93. The Balaban J connectivity index is 1.97. The Labute approximate surface area is 147 Å². The summed E-state index contributed by atoms with van der Waals surface area (Å²) < 4.78 is 7.38. The van der Waals surface area contributed by atoms with Crippen LogP contribution in [0.2, 0.25) is 5.02 Å². The number of ether oxygens (including phenoxy) is 1. The maximum absolute atomic E-state index is 6.07. The SMILES string of the molecule is COc1ccc(-n2c(C)ccc2C=Nc2cc(Cl)ccc2C)cc1. The molecule has 122 valence electrons. The van der Waals surface area contributed by atoms with Gasteiger partial charge in [0.05, 0.1) is 24.7 Å². The second-order valence-corrected chi connectivity index (χ2v) is 6.06. The van der Waals surface area contributed by atoms with E-state index in [1.54, 1.807) is 7.11 Å². The van der Waals surface area contributed by atoms with E-state index in [4.69, 9.17) is 16.3 Å². The highest BCUT2D eigenvalue weighted by molar-refractivity contribution is 6.30. The minimum Gasteiger partial charge on any atom is -0.497 e. The van der Waals surface area contributed by atoms with Crippen LogP contribution in [-0.2, 0) is 0 Å². The molecule has 3 nitrogen and oxygen atoms in total. The van der Waals surface area contributed by atoms with Gasteiger partial charge in [-0.05, 0) is 67.9 Å². The van der Waals surface area contributed by atoms with Crippen LogP contribution in [0.5, 0.6) is 5.75 Å². The zero-order valence-corrected chi connectivity index (χ0v) is 14.7. The number of benzene rings is 2. The van der Waals surface area contributed by atoms with Gasteiger partial charge in [-0.25, -0.2) is 0 Å². The Morgan fingerprint density at radius 1 is 1.00 bits per heavy atom. The number of halogens is 1. The van der Waals surface area contributed by atoms with Crippen LogP contribution in [0.3, 0.4) is 0 Å². The van der Waals surface area contributed by atoms with E-state index in [-0.39, 0.29) is 0 Å². The van der Waals surface area contributed by atoms with Gasteiger partial charge in [0.1, 0.15) is 5.75 Å². The van der Waals surface area contributed by atoms with Crippen LogP contribution in [0.15, 0.2) is 59.6 Å². The van der Waals surface area contributed by atoms with Crippen LogP contribution in [0.25, 0.3) is 5.69 Å². The van der Waals surface area contributed by atoms with Gasteiger partial charge < -0.3 is 9.30 Å². The van der Waals surface area contributed by atoms with Crippen molar-refractivity contribution in [2.24, 2.45) is 4.99 Å². The summed E-state index contributed by atoms with van der Waals surface area (Å²) in [5.41, 5.74) is 5.20. The van der Waals surface area contributed by atoms with Crippen LogP contribution in [0, 0.1) is 13.8 Å². The predicted octanol–water partition coefficient (Wildman–Crippen LogP) is 5.51. The van der Waals surface area contributed by atoms with Crippen LogP contribution in [0.1, 0.15) is 17.0 Å². The molecule has 0 N–H and O–H groups in total. The number of methoxy groups -OCH3 is 1. The topological polar surface area (TPSA) is 26.5 Å². The number of aryl methyl sites for hydroxylation is 2. The van der Waals surface area contributed by atoms with Crippen molar-refractivity contribution in [3.05, 3.63) is 76.6 Å². The van der Waals surface area contributed by atoms with E-state index in [0.717, 1.165) is 34.1 Å². The average molecular weight is 339 g/mol. The van der Waals surface area contributed by atoms with Crippen molar-refractivity contribution in [1.29, 1.82) is 0 Å². The van der Waals surface area contributed by atoms with Crippen LogP contribution in [0.4, 0.5) is 5.69 Å². The highest BCUT2D eigenvalue weighted by Gasteiger charge is 2.06. The van der Waals surface area contributed by atoms with E-state index < -0.39 is 0 Å². The molecule has 1 aromatic heterocycles. The third-order valence-corrected chi connectivity index (χ3v) is 4.18. The molecule has 3 rings (SSSR count). The largest absolute Gasteiger partial charge is 0.497 e. The van der Waals surface area contributed by atoms with E-state index in [2.05, 4.69) is 28.6 Å². The van der Waals surface area contributed by atoms with E-state index in [1.165, 1.54) is 0 Å². The van der Waals surface area contributed by atoms with Crippen LogP contribution >= 0.6 is 11.6 Å². The lowest BCUT2D eigenvalue weighted by Crippen LogP contribution is -2.01. The standard InChI is InChI=1S/C20H19ClN2O/c1-14-4-6-16(21)12-20(14)22-13-18-7-5-15(2)23(18)17-8-10-19(24-3)11-9-17/h4-13H,1-3H3. The molecular formula is C20H19ClN2O. The van der Waals surface area contributed by atoms with Gasteiger partial charge in [-0.1, -0.05) is 17.7 Å². The highest BCUT2D eigenvalue weighted by atomic mass is 35.5. The normalized spacial score (nSPS) is 11.2. The summed E-state index contributed by atoms with van der Waals surface area (Å²) in [6, 6.07) is 17.8. The summed E-state index contributed by atoms with van der Waals surface area (Å²) in [4.78, 5) is 4.62. The molecule has 0 aliphatic heterocycles. The third kappa shape index (κ3) is 3.36. The van der Waals surface area contributed by atoms with Crippen LogP contribution in [-0.4, -0.2) is 17.9 Å². The Kier molecular flexibility index (Phi) is 4.72. The van der Waals surface area contributed by atoms with E-state index in [0.29, 0.717) is 5.02 Å². The average Bonchev–Trinajstić information content (AvgIpc) is 2.96. The molecule has 0 aliphatic carbocycles. The summed E-state index contributed by atoms with van der Waals surface area (Å²) in [6.45, 7) is 4.10. The van der Waals surface area contributed by atoms with Crippen molar-refractivity contribution in [2.45, 2.75) is 13.8 Å². The Bertz CT molecular complexity index is 879. The zero-order valence-electron chi connectivity index (χ0n) is 14.0. The number of hydrogen-bond acceptors (Lipinski definition) is 2. The summed E-state index contributed by atoms with van der Waals surface area (Å²) in [6.07, 6.45) is 1.87. The first-order chi connectivity index (χ1) is 11.6. The van der Waals surface area contributed by atoms with Gasteiger partial charge in [-0.2, -0.15) is 0 Å². The number of nitrogens with zero attached hydrogens (tertiary/aromatic N) is 2. The fourth-order valence-electron chi connectivity index (χ4n) is 2.60. The van der Waals surface area contributed by atoms with Crippen molar-refractivity contribution in [3.63, 3.8) is 0 Å². The lowest BCUT2D eigenvalue weighted by atomic mass is 10.2. The van der Waals surface area contributed by atoms with Crippen molar-refractivity contribution >= 4 is 23.5 Å². The molecule has 0 amide bonds. The first kappa shape index (κ1) is 16.3. The summed E-state index contributed by atoms with van der Waals surface area (Å²) in [5, 5.41) is 0.689. The minimum atomic E-state index is 0.689. The van der Waals surface area contributed by atoms with Crippen molar-refractivity contribution in [2.75, 3.05) is 7.11 Å². The maximum Gasteiger partial charge on any atom is 0.119 e. The number of rotatable bonds is 4. The predicted molar refractivity (Wildman–Crippen MR) is 101 cm³/mol. The number of hydrogen-bond donors (Lipinski definition) is 0. The van der Waals surface area contributed by atoms with Gasteiger partial charge in [0, 0.05) is 16.4 Å². The zero-order chi connectivity index (χ0) is 17.1. The monoisotopic (exact) mass is 338 g/mol. The van der Waals surface area contributed by atoms with Gasteiger partial charge in [-0.15, -0.1) is 0 Å². The summed E-state index contributed by atoms with van der Waals surface area (Å²) in [7, 11) is 1.67. The van der Waals surface area contributed by atoms with Gasteiger partial charge in [0.2, 0.25) is 0 Å². The van der Waals surface area contributed by atoms with E-state index >= 15 is 0 Å². The fourth-order valence-corrected chi connectivity index (χ4v) is 2.77. The second-order valence-electron chi connectivity index (χ2n) is 5.62. The highest BCUT2D eigenvalue weighted by Crippen LogP contribution is 2.24. The molecule has 4 heteroatoms. The van der Waals surface area contributed by atoms with Gasteiger partial charge in [-0.3, -0.25) is 4.99 Å². The number of aromatic nitrogens is 1. The van der Waals surface area contributed by atoms with Crippen molar-refractivity contribution in [1.82, 2.24) is 4.57 Å². The quantitative estimate of drug-likeness (QED) is 0.576. The fraction of sp³-hybridized carbons (Fsp3) is 0.150. The summed E-state index contributed by atoms with van der Waals surface area (Å²) in [5.74, 6) is 0.841. The lowest BCUT2D eigenvalue weighted by Gasteiger charge is -2.10. The molecule has 1 heterocycles. The van der Waals surface area contributed by atoms with Gasteiger partial charge >= 0.3 is 0 Å². The molecule has 24 heavy (non-hydrogen) atoms. The molecule has 0 saturated carbocycles. The first-order valence-electron chi connectivity index (χ1n) is 7.71.